The monoisotopic (exact) mass is 425 g/mol. The van der Waals surface area contributed by atoms with E-state index in [2.05, 4.69) is 20.5 Å². The third kappa shape index (κ3) is 5.40. The number of hydrogen-bond acceptors (Lipinski definition) is 5. The van der Waals surface area contributed by atoms with E-state index in [4.69, 9.17) is 0 Å². The predicted molar refractivity (Wildman–Crippen MR) is 116 cm³/mol. The van der Waals surface area contributed by atoms with E-state index in [-0.39, 0.29) is 0 Å². The third-order valence-corrected chi connectivity index (χ3v) is 8.44. The minimum Gasteiger partial charge on any atom is -0.353 e. The summed E-state index contributed by atoms with van der Waals surface area (Å²) in [7, 11) is 0.272. The van der Waals surface area contributed by atoms with Crippen LogP contribution in [0.5, 0.6) is 0 Å². The summed E-state index contributed by atoms with van der Waals surface area (Å²) in [5, 5.41) is 6.75. The van der Waals surface area contributed by atoms with E-state index in [0.29, 0.717) is 30.6 Å². The first kappa shape index (κ1) is 21.4. The number of rotatable bonds is 5. The highest BCUT2D eigenvalue weighted by Crippen LogP contribution is 2.21. The molecule has 2 N–H and O–H groups in total. The molecule has 0 spiro atoms. The first-order valence-corrected chi connectivity index (χ1v) is 12.4. The molecular formula is C19H31N5O2S2. The van der Waals surface area contributed by atoms with Crippen LogP contribution in [0.1, 0.15) is 18.4 Å². The fourth-order valence-electron chi connectivity index (χ4n) is 3.49. The zero-order valence-electron chi connectivity index (χ0n) is 16.7. The molecule has 1 atom stereocenters. The molecule has 1 unspecified atom stereocenters. The molecule has 2 aliphatic rings. The Morgan fingerprint density at radius 2 is 2.00 bits per heavy atom. The predicted octanol–water partition coefficient (Wildman–Crippen LogP) is 1.18. The summed E-state index contributed by atoms with van der Waals surface area (Å²) >= 11 is 1.96. The lowest BCUT2D eigenvalue weighted by molar-refractivity contribution is 0.222. The molecule has 0 aliphatic carbocycles. The number of aliphatic imine (C=N–C) groups is 1. The summed E-state index contributed by atoms with van der Waals surface area (Å²) in [6, 6.07) is 7.67. The van der Waals surface area contributed by atoms with Gasteiger partial charge in [0.1, 0.15) is 0 Å². The minimum absolute atomic E-state index is 0.385. The van der Waals surface area contributed by atoms with Gasteiger partial charge in [-0.05, 0) is 37.3 Å². The van der Waals surface area contributed by atoms with Gasteiger partial charge in [-0.3, -0.25) is 4.99 Å². The number of benzene rings is 1. The molecule has 9 heteroatoms. The van der Waals surface area contributed by atoms with Gasteiger partial charge >= 0.3 is 0 Å². The number of likely N-dealkylation sites (N-methyl/N-ethyl adjacent to an activating group) is 1. The average molecular weight is 426 g/mol. The van der Waals surface area contributed by atoms with Gasteiger partial charge < -0.3 is 15.5 Å². The summed E-state index contributed by atoms with van der Waals surface area (Å²) in [6.45, 7) is 3.00. The number of piperazine rings is 1. The van der Waals surface area contributed by atoms with Crippen LogP contribution in [0, 0.1) is 0 Å². The van der Waals surface area contributed by atoms with Gasteiger partial charge in [-0.2, -0.15) is 16.1 Å². The van der Waals surface area contributed by atoms with Crippen molar-refractivity contribution < 1.29 is 8.42 Å². The number of guanidine groups is 1. The molecular weight excluding hydrogens is 394 g/mol. The van der Waals surface area contributed by atoms with Crippen LogP contribution in [-0.2, 0) is 16.6 Å². The molecule has 2 aliphatic heterocycles. The van der Waals surface area contributed by atoms with Crippen molar-refractivity contribution in [3.8, 4) is 0 Å². The van der Waals surface area contributed by atoms with Gasteiger partial charge in [0.05, 0.1) is 4.90 Å². The third-order valence-electron chi connectivity index (χ3n) is 5.22. The number of nitrogens with one attached hydrogen (secondary N) is 2. The lowest BCUT2D eigenvalue weighted by Crippen LogP contribution is -2.47. The second-order valence-corrected chi connectivity index (χ2v) is 10.4. The van der Waals surface area contributed by atoms with Crippen molar-refractivity contribution in [3.05, 3.63) is 29.8 Å². The number of hydrogen-bond donors (Lipinski definition) is 2. The standard InChI is InChI=1S/C19H31N5O2S2/c1-20-19(22-17-7-5-13-27-15-17)21-14-16-6-3-4-8-18(16)28(25,26)24-11-9-23(2)10-12-24/h3-4,6,8,17H,5,7,9-15H2,1-2H3,(H2,20,21,22). The van der Waals surface area contributed by atoms with Crippen LogP contribution in [0.3, 0.4) is 0 Å². The fraction of sp³-hybridized carbons (Fsp3) is 0.632. The summed E-state index contributed by atoms with van der Waals surface area (Å²) < 4.78 is 27.9. The van der Waals surface area contributed by atoms with E-state index in [1.54, 1.807) is 23.5 Å². The number of sulfonamides is 1. The summed E-state index contributed by atoms with van der Waals surface area (Å²) in [5.74, 6) is 3.02. The Kier molecular flexibility index (Phi) is 7.62. The van der Waals surface area contributed by atoms with Crippen LogP contribution < -0.4 is 10.6 Å². The Hall–Kier alpha value is -1.29. The maximum atomic E-state index is 13.2. The van der Waals surface area contributed by atoms with Crippen molar-refractivity contribution in [1.29, 1.82) is 0 Å². The summed E-state index contributed by atoms with van der Waals surface area (Å²) in [4.78, 5) is 6.84. The van der Waals surface area contributed by atoms with Crippen molar-refractivity contribution in [1.82, 2.24) is 19.8 Å². The van der Waals surface area contributed by atoms with Crippen LogP contribution in [0.4, 0.5) is 0 Å². The van der Waals surface area contributed by atoms with Crippen LogP contribution >= 0.6 is 11.8 Å². The largest absolute Gasteiger partial charge is 0.353 e. The average Bonchev–Trinajstić information content (AvgIpc) is 2.72. The van der Waals surface area contributed by atoms with Crippen molar-refractivity contribution in [2.75, 3.05) is 51.8 Å². The van der Waals surface area contributed by atoms with Crippen molar-refractivity contribution in [2.24, 2.45) is 4.99 Å². The van der Waals surface area contributed by atoms with Crippen LogP contribution in [0.25, 0.3) is 0 Å². The Bertz CT molecular complexity index is 770. The fourth-order valence-corrected chi connectivity index (χ4v) is 6.21. The smallest absolute Gasteiger partial charge is 0.243 e. The first-order valence-electron chi connectivity index (χ1n) is 9.82. The number of thioether (sulfide) groups is 1. The highest BCUT2D eigenvalue weighted by atomic mass is 32.2. The molecule has 1 aromatic carbocycles. The quantitative estimate of drug-likeness (QED) is 0.545. The molecule has 2 heterocycles. The van der Waals surface area contributed by atoms with Crippen molar-refractivity contribution >= 4 is 27.7 Å². The first-order chi connectivity index (χ1) is 13.5. The maximum Gasteiger partial charge on any atom is 0.243 e. The minimum atomic E-state index is -3.49. The molecule has 156 valence electrons. The maximum absolute atomic E-state index is 13.2. The molecule has 2 fully saturated rings. The molecule has 3 rings (SSSR count). The SMILES string of the molecule is CN=C(NCc1ccccc1S(=O)(=O)N1CCN(C)CC1)NC1CCCSC1. The summed E-state index contributed by atoms with van der Waals surface area (Å²) in [6.07, 6.45) is 2.35. The zero-order chi connectivity index (χ0) is 20.0. The Morgan fingerprint density at radius 1 is 1.25 bits per heavy atom. The highest BCUT2D eigenvalue weighted by Gasteiger charge is 2.29. The van der Waals surface area contributed by atoms with E-state index in [9.17, 15) is 8.42 Å². The molecule has 28 heavy (non-hydrogen) atoms. The summed E-state index contributed by atoms with van der Waals surface area (Å²) in [5.41, 5.74) is 0.766. The molecule has 2 saturated heterocycles. The van der Waals surface area contributed by atoms with Gasteiger partial charge in [-0.15, -0.1) is 0 Å². The van der Waals surface area contributed by atoms with Crippen LogP contribution in [-0.4, -0.2) is 81.4 Å². The molecule has 0 saturated carbocycles. The van der Waals surface area contributed by atoms with E-state index in [0.717, 1.165) is 36.8 Å². The Balaban J connectivity index is 1.67. The van der Waals surface area contributed by atoms with E-state index >= 15 is 0 Å². The zero-order valence-corrected chi connectivity index (χ0v) is 18.4. The van der Waals surface area contributed by atoms with Crippen molar-refractivity contribution in [2.45, 2.75) is 30.3 Å². The van der Waals surface area contributed by atoms with E-state index in [1.807, 2.05) is 30.9 Å². The van der Waals surface area contributed by atoms with Crippen molar-refractivity contribution in [3.63, 3.8) is 0 Å². The van der Waals surface area contributed by atoms with Crippen LogP contribution in [0.15, 0.2) is 34.2 Å². The molecule has 0 radical (unpaired) electrons. The second kappa shape index (κ2) is 9.96. The van der Waals surface area contributed by atoms with Gasteiger partial charge in [0, 0.05) is 51.6 Å². The molecule has 0 aromatic heterocycles. The van der Waals surface area contributed by atoms with Gasteiger partial charge in [-0.1, -0.05) is 18.2 Å². The van der Waals surface area contributed by atoms with Gasteiger partial charge in [0.15, 0.2) is 5.96 Å². The highest BCUT2D eigenvalue weighted by molar-refractivity contribution is 7.99. The van der Waals surface area contributed by atoms with Gasteiger partial charge in [0.25, 0.3) is 0 Å². The van der Waals surface area contributed by atoms with E-state index < -0.39 is 10.0 Å². The Morgan fingerprint density at radius 3 is 2.68 bits per heavy atom. The van der Waals surface area contributed by atoms with Gasteiger partial charge in [-0.25, -0.2) is 8.42 Å². The molecule has 7 nitrogen and oxygen atoms in total. The molecule has 0 bridgehead atoms. The lowest BCUT2D eigenvalue weighted by atomic mass is 10.2. The topological polar surface area (TPSA) is 77.0 Å². The second-order valence-electron chi connectivity index (χ2n) is 7.30. The number of nitrogens with zero attached hydrogens (tertiary/aromatic N) is 3. The molecule has 0 amide bonds. The van der Waals surface area contributed by atoms with Gasteiger partial charge in [0.2, 0.25) is 10.0 Å². The normalized spacial score (nSPS) is 22.8. The van der Waals surface area contributed by atoms with Crippen LogP contribution in [0.2, 0.25) is 0 Å². The van der Waals surface area contributed by atoms with E-state index in [1.165, 1.54) is 12.2 Å². The Labute approximate surface area is 173 Å². The lowest BCUT2D eigenvalue weighted by Gasteiger charge is -2.32. The molecule has 1 aromatic rings.